The van der Waals surface area contributed by atoms with Gasteiger partial charge >= 0.3 is 0 Å². The molecule has 1 amide bonds. The molecule has 5 rings (SSSR count). The molecule has 0 spiro atoms. The van der Waals surface area contributed by atoms with Crippen molar-refractivity contribution in [1.29, 1.82) is 0 Å². The fourth-order valence-electron chi connectivity index (χ4n) is 6.73. The lowest BCUT2D eigenvalue weighted by Crippen LogP contribution is -2.54. The van der Waals surface area contributed by atoms with Crippen LogP contribution in [0.15, 0.2) is 18.2 Å². The molecule has 172 valence electrons. The first-order valence-corrected chi connectivity index (χ1v) is 12.0. The average Bonchev–Trinajstić information content (AvgIpc) is 2.68. The number of benzene rings is 1. The maximum atomic E-state index is 12.1. The van der Waals surface area contributed by atoms with Crippen molar-refractivity contribution in [3.8, 4) is 11.5 Å². The molecule has 31 heavy (non-hydrogen) atoms. The van der Waals surface area contributed by atoms with E-state index < -0.39 is 0 Å². The maximum Gasteiger partial charge on any atom is 0.258 e. The Hall–Kier alpha value is -1.75. The molecule has 4 bridgehead atoms. The Morgan fingerprint density at radius 1 is 1.10 bits per heavy atom. The van der Waals surface area contributed by atoms with Crippen LogP contribution in [0, 0.1) is 23.2 Å². The van der Waals surface area contributed by atoms with Crippen LogP contribution in [0.1, 0.15) is 71.8 Å². The minimum Gasteiger partial charge on any atom is -0.493 e. The normalized spacial score (nSPS) is 30.2. The van der Waals surface area contributed by atoms with Crippen LogP contribution in [0.4, 0.5) is 0 Å². The summed E-state index contributed by atoms with van der Waals surface area (Å²) in [5.41, 5.74) is 1.41. The number of carbonyl (C=O) groups is 1. The summed E-state index contributed by atoms with van der Waals surface area (Å²) >= 11 is 0. The van der Waals surface area contributed by atoms with E-state index in [1.807, 2.05) is 32.9 Å². The highest BCUT2D eigenvalue weighted by Gasteiger charge is 2.52. The van der Waals surface area contributed by atoms with Crippen LogP contribution >= 0.6 is 0 Å². The molecule has 0 heterocycles. The minimum atomic E-state index is -0.270. The summed E-state index contributed by atoms with van der Waals surface area (Å²) < 4.78 is 11.3. The molecule has 0 aliphatic heterocycles. The second-order valence-electron chi connectivity index (χ2n) is 11.5. The number of carbonyl (C=O) groups excluding carboxylic acids is 1. The first kappa shape index (κ1) is 22.4. The molecule has 4 saturated carbocycles. The van der Waals surface area contributed by atoms with Crippen molar-refractivity contribution >= 4 is 5.91 Å². The molecule has 0 aromatic heterocycles. The smallest absolute Gasteiger partial charge is 0.258 e. The van der Waals surface area contributed by atoms with E-state index >= 15 is 0 Å². The summed E-state index contributed by atoms with van der Waals surface area (Å²) in [7, 11) is 1.65. The van der Waals surface area contributed by atoms with E-state index in [0.29, 0.717) is 23.0 Å². The van der Waals surface area contributed by atoms with Gasteiger partial charge in [0.2, 0.25) is 0 Å². The molecule has 4 aliphatic carbocycles. The Balaban J connectivity index is 1.33. The molecule has 2 N–H and O–H groups in total. The summed E-state index contributed by atoms with van der Waals surface area (Å²) in [5, 5.41) is 6.75. The second-order valence-corrected chi connectivity index (χ2v) is 11.5. The molecule has 4 aliphatic rings. The lowest BCUT2D eigenvalue weighted by Gasteiger charge is -2.59. The van der Waals surface area contributed by atoms with Crippen LogP contribution in [0.3, 0.4) is 0 Å². The average molecular weight is 429 g/mol. The molecular weight excluding hydrogens is 388 g/mol. The third-order valence-electron chi connectivity index (χ3n) is 7.72. The van der Waals surface area contributed by atoms with Crippen LogP contribution < -0.4 is 20.1 Å². The molecule has 1 aromatic rings. The minimum absolute atomic E-state index is 0.0196. The van der Waals surface area contributed by atoms with Gasteiger partial charge in [-0.3, -0.25) is 4.79 Å². The molecule has 0 saturated heterocycles. The Morgan fingerprint density at radius 3 is 2.26 bits per heavy atom. The van der Waals surface area contributed by atoms with Gasteiger partial charge in [-0.1, -0.05) is 6.07 Å². The second kappa shape index (κ2) is 8.65. The van der Waals surface area contributed by atoms with Crippen LogP contribution in [-0.2, 0) is 11.3 Å². The molecule has 0 radical (unpaired) electrons. The summed E-state index contributed by atoms with van der Waals surface area (Å²) in [6.07, 6.45) is 8.70. The topological polar surface area (TPSA) is 59.6 Å². The van der Waals surface area contributed by atoms with Gasteiger partial charge in [-0.05, 0) is 107 Å². The van der Waals surface area contributed by atoms with Crippen molar-refractivity contribution in [3.05, 3.63) is 23.8 Å². The highest BCUT2D eigenvalue weighted by molar-refractivity contribution is 5.78. The fourth-order valence-corrected chi connectivity index (χ4v) is 6.73. The molecule has 5 nitrogen and oxygen atoms in total. The third kappa shape index (κ3) is 5.19. The van der Waals surface area contributed by atoms with E-state index in [4.69, 9.17) is 9.47 Å². The van der Waals surface area contributed by atoms with Gasteiger partial charge in [0.1, 0.15) is 0 Å². The van der Waals surface area contributed by atoms with Crippen LogP contribution in [0.2, 0.25) is 0 Å². The monoisotopic (exact) mass is 428 g/mol. The van der Waals surface area contributed by atoms with E-state index in [0.717, 1.165) is 24.3 Å². The van der Waals surface area contributed by atoms with E-state index in [9.17, 15) is 4.79 Å². The molecule has 5 heteroatoms. The van der Waals surface area contributed by atoms with E-state index in [2.05, 4.69) is 23.6 Å². The highest BCUT2D eigenvalue weighted by atomic mass is 16.5. The van der Waals surface area contributed by atoms with Gasteiger partial charge in [-0.25, -0.2) is 0 Å². The quantitative estimate of drug-likeness (QED) is 0.631. The van der Waals surface area contributed by atoms with Crippen LogP contribution in [-0.4, -0.2) is 31.2 Å². The van der Waals surface area contributed by atoms with Crippen molar-refractivity contribution in [2.24, 2.45) is 23.2 Å². The lowest BCUT2D eigenvalue weighted by molar-refractivity contribution is -0.124. The first-order valence-electron chi connectivity index (χ1n) is 12.0. The van der Waals surface area contributed by atoms with Crippen molar-refractivity contribution in [2.45, 2.75) is 84.3 Å². The lowest BCUT2D eigenvalue weighted by atomic mass is 9.48. The molecule has 4 fully saturated rings. The van der Waals surface area contributed by atoms with Gasteiger partial charge < -0.3 is 20.1 Å². The zero-order valence-corrected chi connectivity index (χ0v) is 19.9. The third-order valence-corrected chi connectivity index (χ3v) is 7.72. The van der Waals surface area contributed by atoms with Crippen molar-refractivity contribution in [2.75, 3.05) is 13.7 Å². The summed E-state index contributed by atoms with van der Waals surface area (Å²) in [6.45, 7) is 9.07. The summed E-state index contributed by atoms with van der Waals surface area (Å²) in [4.78, 5) is 12.1. The number of nitrogens with one attached hydrogen (secondary N) is 2. The first-order chi connectivity index (χ1) is 14.7. The Kier molecular flexibility index (Phi) is 6.26. The van der Waals surface area contributed by atoms with Gasteiger partial charge in [0.25, 0.3) is 5.91 Å². The number of amides is 1. The summed E-state index contributed by atoms with van der Waals surface area (Å²) in [5.74, 6) is 4.06. The summed E-state index contributed by atoms with van der Waals surface area (Å²) in [6, 6.07) is 6.54. The zero-order valence-electron chi connectivity index (χ0n) is 19.9. The van der Waals surface area contributed by atoms with Crippen LogP contribution in [0.25, 0.3) is 0 Å². The number of methoxy groups -OCH3 is 1. The Morgan fingerprint density at radius 2 is 1.71 bits per heavy atom. The number of ether oxygens (including phenoxy) is 2. The maximum absolute atomic E-state index is 12.1. The highest BCUT2D eigenvalue weighted by Crippen LogP contribution is 2.61. The number of rotatable bonds is 8. The zero-order chi connectivity index (χ0) is 22.2. The molecule has 1 aromatic carbocycles. The number of hydrogen-bond acceptors (Lipinski definition) is 4. The molecule has 1 atom stereocenters. The Bertz CT molecular complexity index is 763. The SMILES string of the molecule is COc1cc(CN[C@@H](C)C23CC4CC(CC(C4)C2)C3)ccc1OCC(=O)NC(C)(C)C. The van der Waals surface area contributed by atoms with E-state index in [-0.39, 0.29) is 18.1 Å². The number of hydrogen-bond donors (Lipinski definition) is 2. The van der Waals surface area contributed by atoms with E-state index in [1.54, 1.807) is 7.11 Å². The van der Waals surface area contributed by atoms with Crippen molar-refractivity contribution in [1.82, 2.24) is 10.6 Å². The van der Waals surface area contributed by atoms with Gasteiger partial charge in [-0.15, -0.1) is 0 Å². The van der Waals surface area contributed by atoms with Gasteiger partial charge in [0.15, 0.2) is 18.1 Å². The molecule has 0 unspecified atom stereocenters. The predicted octanol–water partition coefficient (Wildman–Crippen LogP) is 4.68. The van der Waals surface area contributed by atoms with Crippen molar-refractivity contribution in [3.63, 3.8) is 0 Å². The van der Waals surface area contributed by atoms with Gasteiger partial charge in [0, 0.05) is 18.1 Å². The van der Waals surface area contributed by atoms with Gasteiger partial charge in [0.05, 0.1) is 7.11 Å². The largest absolute Gasteiger partial charge is 0.493 e. The predicted molar refractivity (Wildman–Crippen MR) is 123 cm³/mol. The Labute approximate surface area is 187 Å². The van der Waals surface area contributed by atoms with Crippen molar-refractivity contribution < 1.29 is 14.3 Å². The fraction of sp³-hybridized carbons (Fsp3) is 0.731. The standard InChI is InChI=1S/C26H40N2O3/c1-17(26-12-19-8-20(13-26)10-21(9-19)14-26)27-15-18-6-7-22(23(11-18)30-5)31-16-24(29)28-25(2,3)4/h6-7,11,17,19-21,27H,8-10,12-16H2,1-5H3,(H,28,29)/t17-,19?,20?,21?,26?/m0/s1. The van der Waals surface area contributed by atoms with Gasteiger partial charge in [-0.2, -0.15) is 0 Å². The van der Waals surface area contributed by atoms with E-state index in [1.165, 1.54) is 44.1 Å². The van der Waals surface area contributed by atoms with Crippen LogP contribution in [0.5, 0.6) is 11.5 Å². The molecular formula is C26H40N2O3.